The second-order valence-corrected chi connectivity index (χ2v) is 6.71. The summed E-state index contributed by atoms with van der Waals surface area (Å²) in [5.41, 5.74) is 0.742. The molecular formula is C11H24O2Si. The van der Waals surface area contributed by atoms with Crippen LogP contribution in [0, 0.1) is 11.8 Å². The van der Waals surface area contributed by atoms with Crippen LogP contribution in [-0.4, -0.2) is 30.1 Å². The average molecular weight is 216 g/mol. The Labute approximate surface area is 90.3 Å². The Kier molecular flexibility index (Phi) is 5.13. The Morgan fingerprint density at radius 3 is 2.43 bits per heavy atom. The summed E-state index contributed by atoms with van der Waals surface area (Å²) in [5.74, 6) is 1.50. The standard InChI is InChI=1S/C11H24O2Si/c1-8(2)9-6-5-7-10(14-13-4)11(9)12-3/h8-11H,5-7,14H2,1-4H3. The van der Waals surface area contributed by atoms with Crippen LogP contribution in [0.25, 0.3) is 0 Å². The first-order valence-electron chi connectivity index (χ1n) is 5.72. The van der Waals surface area contributed by atoms with Gasteiger partial charge >= 0.3 is 0 Å². The number of ether oxygens (including phenoxy) is 1. The zero-order valence-corrected chi connectivity index (χ0v) is 11.4. The van der Waals surface area contributed by atoms with E-state index < -0.39 is 0 Å². The molecule has 0 aromatic carbocycles. The van der Waals surface area contributed by atoms with E-state index in [1.54, 1.807) is 0 Å². The second kappa shape index (κ2) is 5.88. The Hall–Kier alpha value is 0.137. The van der Waals surface area contributed by atoms with Crippen LogP contribution in [-0.2, 0) is 9.16 Å². The highest BCUT2D eigenvalue weighted by Crippen LogP contribution is 2.38. The van der Waals surface area contributed by atoms with Crippen LogP contribution in [0.15, 0.2) is 0 Å². The summed E-state index contributed by atoms with van der Waals surface area (Å²) >= 11 is 0. The van der Waals surface area contributed by atoms with Crippen molar-refractivity contribution in [2.75, 3.05) is 14.2 Å². The van der Waals surface area contributed by atoms with E-state index >= 15 is 0 Å². The van der Waals surface area contributed by atoms with Gasteiger partial charge in [0.15, 0.2) is 9.76 Å². The van der Waals surface area contributed by atoms with Crippen molar-refractivity contribution in [3.63, 3.8) is 0 Å². The normalized spacial score (nSPS) is 34.5. The highest BCUT2D eigenvalue weighted by Gasteiger charge is 2.35. The topological polar surface area (TPSA) is 18.5 Å². The summed E-state index contributed by atoms with van der Waals surface area (Å²) in [6.45, 7) is 4.63. The van der Waals surface area contributed by atoms with E-state index in [2.05, 4.69) is 13.8 Å². The quantitative estimate of drug-likeness (QED) is 0.669. The fourth-order valence-corrected chi connectivity index (χ4v) is 4.38. The third kappa shape index (κ3) is 2.81. The fraction of sp³-hybridized carbons (Fsp3) is 1.00. The van der Waals surface area contributed by atoms with Gasteiger partial charge in [-0.25, -0.2) is 0 Å². The van der Waals surface area contributed by atoms with E-state index in [4.69, 9.17) is 9.16 Å². The molecule has 3 unspecified atom stereocenters. The number of methoxy groups -OCH3 is 1. The minimum Gasteiger partial charge on any atom is -0.427 e. The first-order chi connectivity index (χ1) is 6.70. The third-order valence-electron chi connectivity index (χ3n) is 3.51. The van der Waals surface area contributed by atoms with Crippen molar-refractivity contribution in [3.8, 4) is 0 Å². The number of rotatable bonds is 4. The van der Waals surface area contributed by atoms with Crippen molar-refractivity contribution >= 4 is 9.76 Å². The van der Waals surface area contributed by atoms with Crippen LogP contribution in [0.2, 0.25) is 5.54 Å². The van der Waals surface area contributed by atoms with Crippen molar-refractivity contribution < 1.29 is 9.16 Å². The van der Waals surface area contributed by atoms with E-state index in [1.807, 2.05) is 14.2 Å². The molecule has 1 saturated carbocycles. The lowest BCUT2D eigenvalue weighted by Crippen LogP contribution is -2.37. The molecule has 0 spiro atoms. The van der Waals surface area contributed by atoms with Gasteiger partial charge in [0.2, 0.25) is 0 Å². The van der Waals surface area contributed by atoms with Gasteiger partial charge in [-0.2, -0.15) is 0 Å². The summed E-state index contributed by atoms with van der Waals surface area (Å²) in [6, 6.07) is 0. The second-order valence-electron chi connectivity index (χ2n) is 4.75. The van der Waals surface area contributed by atoms with Gasteiger partial charge in [0, 0.05) is 14.2 Å². The fourth-order valence-electron chi connectivity index (χ4n) is 2.77. The molecule has 0 heterocycles. The van der Waals surface area contributed by atoms with Gasteiger partial charge in [0.1, 0.15) is 0 Å². The lowest BCUT2D eigenvalue weighted by atomic mass is 9.79. The predicted molar refractivity (Wildman–Crippen MR) is 62.3 cm³/mol. The summed E-state index contributed by atoms with van der Waals surface area (Å²) in [5, 5.41) is 0. The maximum Gasteiger partial charge on any atom is 0.166 e. The van der Waals surface area contributed by atoms with E-state index in [1.165, 1.54) is 19.3 Å². The molecule has 0 bridgehead atoms. The lowest BCUT2D eigenvalue weighted by molar-refractivity contribution is 0.00291. The predicted octanol–water partition coefficient (Wildman–Crippen LogP) is 1.98. The van der Waals surface area contributed by atoms with Gasteiger partial charge in [-0.15, -0.1) is 0 Å². The smallest absolute Gasteiger partial charge is 0.166 e. The van der Waals surface area contributed by atoms with Gasteiger partial charge in [-0.1, -0.05) is 20.3 Å². The van der Waals surface area contributed by atoms with Crippen LogP contribution in [0.4, 0.5) is 0 Å². The molecule has 0 aromatic heterocycles. The Bertz CT molecular complexity index is 159. The van der Waals surface area contributed by atoms with E-state index in [-0.39, 0.29) is 9.76 Å². The molecule has 1 aliphatic rings. The Morgan fingerprint density at radius 2 is 1.93 bits per heavy atom. The largest absolute Gasteiger partial charge is 0.427 e. The summed E-state index contributed by atoms with van der Waals surface area (Å²) in [4.78, 5) is 0. The number of hydrogen-bond acceptors (Lipinski definition) is 2. The van der Waals surface area contributed by atoms with Crippen LogP contribution >= 0.6 is 0 Å². The minimum atomic E-state index is -0.371. The molecule has 0 aromatic rings. The van der Waals surface area contributed by atoms with Crippen molar-refractivity contribution in [1.82, 2.24) is 0 Å². The van der Waals surface area contributed by atoms with E-state index in [0.29, 0.717) is 6.10 Å². The SMILES string of the molecule is CO[SiH2]C1CCCC(C(C)C)C1OC. The van der Waals surface area contributed by atoms with Gasteiger partial charge in [0.05, 0.1) is 6.10 Å². The van der Waals surface area contributed by atoms with Gasteiger partial charge in [-0.3, -0.25) is 0 Å². The van der Waals surface area contributed by atoms with E-state index in [9.17, 15) is 0 Å². The van der Waals surface area contributed by atoms with Crippen molar-refractivity contribution in [1.29, 1.82) is 0 Å². The molecule has 84 valence electrons. The molecule has 3 heteroatoms. The van der Waals surface area contributed by atoms with Gasteiger partial charge < -0.3 is 9.16 Å². The van der Waals surface area contributed by atoms with Crippen LogP contribution in [0.1, 0.15) is 33.1 Å². The summed E-state index contributed by atoms with van der Waals surface area (Å²) in [7, 11) is 3.34. The zero-order valence-electron chi connectivity index (χ0n) is 9.95. The van der Waals surface area contributed by atoms with Crippen LogP contribution in [0.5, 0.6) is 0 Å². The monoisotopic (exact) mass is 216 g/mol. The molecule has 1 rings (SSSR count). The highest BCUT2D eigenvalue weighted by molar-refractivity contribution is 6.29. The first kappa shape index (κ1) is 12.2. The Balaban J connectivity index is 2.59. The lowest BCUT2D eigenvalue weighted by Gasteiger charge is -2.38. The van der Waals surface area contributed by atoms with Crippen molar-refractivity contribution in [2.24, 2.45) is 11.8 Å². The zero-order chi connectivity index (χ0) is 10.6. The summed E-state index contributed by atoms with van der Waals surface area (Å²) < 4.78 is 11.1. The molecule has 14 heavy (non-hydrogen) atoms. The molecule has 0 aliphatic heterocycles. The molecule has 0 amide bonds. The highest BCUT2D eigenvalue weighted by atomic mass is 28.2. The first-order valence-corrected chi connectivity index (χ1v) is 7.11. The number of hydrogen-bond donors (Lipinski definition) is 0. The molecule has 0 radical (unpaired) electrons. The maximum absolute atomic E-state index is 5.68. The average Bonchev–Trinajstić information content (AvgIpc) is 2.18. The summed E-state index contributed by atoms with van der Waals surface area (Å²) in [6.07, 6.45) is 4.49. The van der Waals surface area contributed by atoms with Gasteiger partial charge in [-0.05, 0) is 30.2 Å². The molecule has 0 N–H and O–H groups in total. The van der Waals surface area contributed by atoms with Crippen molar-refractivity contribution in [2.45, 2.75) is 44.8 Å². The maximum atomic E-state index is 5.68. The van der Waals surface area contributed by atoms with Crippen LogP contribution < -0.4 is 0 Å². The molecule has 2 nitrogen and oxygen atoms in total. The van der Waals surface area contributed by atoms with Crippen LogP contribution in [0.3, 0.4) is 0 Å². The molecule has 3 atom stereocenters. The molecular weight excluding hydrogens is 192 g/mol. The minimum absolute atomic E-state index is 0.371. The van der Waals surface area contributed by atoms with Gasteiger partial charge in [0.25, 0.3) is 0 Å². The van der Waals surface area contributed by atoms with Crippen molar-refractivity contribution in [3.05, 3.63) is 0 Å². The third-order valence-corrected chi connectivity index (χ3v) is 5.14. The van der Waals surface area contributed by atoms with E-state index in [0.717, 1.165) is 17.4 Å². The molecule has 0 saturated heterocycles. The molecule has 1 fully saturated rings. The Morgan fingerprint density at radius 1 is 1.21 bits per heavy atom. The molecule has 1 aliphatic carbocycles.